The van der Waals surface area contributed by atoms with Gasteiger partial charge >= 0.3 is 5.97 Å². The molecule has 0 aliphatic heterocycles. The number of anilines is 1. The van der Waals surface area contributed by atoms with Crippen LogP contribution in [0.4, 0.5) is 5.69 Å². The number of hydrogen-bond donors (Lipinski definition) is 2. The zero-order valence-corrected chi connectivity index (χ0v) is 12.7. The highest BCUT2D eigenvalue weighted by Crippen LogP contribution is 2.27. The molecule has 0 aromatic heterocycles. The van der Waals surface area contributed by atoms with Gasteiger partial charge in [0.2, 0.25) is 0 Å². The second-order valence-corrected chi connectivity index (χ2v) is 5.91. The molecule has 0 heterocycles. The largest absolute Gasteiger partial charge is 0.481 e. The van der Waals surface area contributed by atoms with Crippen LogP contribution in [0.1, 0.15) is 37.7 Å². The number of aliphatic carboxylic acids is 1. The van der Waals surface area contributed by atoms with E-state index in [9.17, 15) is 4.79 Å². The maximum absolute atomic E-state index is 10.6. The van der Waals surface area contributed by atoms with Crippen LogP contribution in [0.2, 0.25) is 0 Å². The molecule has 2 rings (SSSR count). The normalized spacial score (nSPS) is 22.0. The first-order valence-electron chi connectivity index (χ1n) is 7.73. The van der Waals surface area contributed by atoms with Gasteiger partial charge < -0.3 is 15.2 Å². The summed E-state index contributed by atoms with van der Waals surface area (Å²) in [7, 11) is 1.77. The van der Waals surface area contributed by atoms with E-state index in [1.165, 1.54) is 25.7 Å². The van der Waals surface area contributed by atoms with Crippen LogP contribution in [0.3, 0.4) is 0 Å². The molecule has 1 aromatic rings. The van der Waals surface area contributed by atoms with Gasteiger partial charge in [0.15, 0.2) is 0 Å². The van der Waals surface area contributed by atoms with Crippen LogP contribution in [0.15, 0.2) is 24.3 Å². The molecule has 0 radical (unpaired) electrons. The van der Waals surface area contributed by atoms with Crippen molar-refractivity contribution in [3.8, 4) is 0 Å². The Hall–Kier alpha value is -1.55. The number of methoxy groups -OCH3 is 1. The van der Waals surface area contributed by atoms with Gasteiger partial charge in [-0.1, -0.05) is 12.1 Å². The summed E-state index contributed by atoms with van der Waals surface area (Å²) in [6, 6.07) is 8.64. The monoisotopic (exact) mass is 291 g/mol. The Bertz CT molecular complexity index is 453. The molecular formula is C17H25NO3. The molecular weight excluding hydrogens is 266 g/mol. The lowest BCUT2D eigenvalue weighted by atomic mass is 9.86. The van der Waals surface area contributed by atoms with Gasteiger partial charge in [0.25, 0.3) is 0 Å². The van der Waals surface area contributed by atoms with E-state index in [0.717, 1.165) is 17.9 Å². The molecule has 4 heteroatoms. The number of hydrogen-bond acceptors (Lipinski definition) is 3. The fourth-order valence-electron chi connectivity index (χ4n) is 3.01. The van der Waals surface area contributed by atoms with Crippen LogP contribution < -0.4 is 5.32 Å². The third-order valence-electron chi connectivity index (χ3n) is 4.17. The van der Waals surface area contributed by atoms with E-state index >= 15 is 0 Å². The van der Waals surface area contributed by atoms with E-state index in [1.807, 2.05) is 12.1 Å². The summed E-state index contributed by atoms with van der Waals surface area (Å²) >= 11 is 0. The lowest BCUT2D eigenvalue weighted by molar-refractivity contribution is -0.136. The predicted octanol–water partition coefficient (Wildman–Crippen LogP) is 3.32. The third kappa shape index (κ3) is 5.38. The van der Waals surface area contributed by atoms with Crippen molar-refractivity contribution in [1.29, 1.82) is 0 Å². The summed E-state index contributed by atoms with van der Waals surface area (Å²) in [5.41, 5.74) is 2.18. The maximum Gasteiger partial charge on any atom is 0.303 e. The Morgan fingerprint density at radius 1 is 1.33 bits per heavy atom. The highest BCUT2D eigenvalue weighted by molar-refractivity contribution is 5.67. The van der Waals surface area contributed by atoms with Crippen LogP contribution in [-0.4, -0.2) is 30.8 Å². The summed E-state index contributed by atoms with van der Waals surface area (Å²) in [6.45, 7) is 0.872. The molecule has 0 amide bonds. The van der Waals surface area contributed by atoms with Crippen LogP contribution in [0.5, 0.6) is 0 Å². The predicted molar refractivity (Wildman–Crippen MR) is 83.6 cm³/mol. The molecule has 0 unspecified atom stereocenters. The van der Waals surface area contributed by atoms with Crippen molar-refractivity contribution in [2.45, 2.75) is 44.6 Å². The number of rotatable bonds is 7. The molecule has 1 saturated carbocycles. The van der Waals surface area contributed by atoms with Crippen LogP contribution >= 0.6 is 0 Å². The minimum absolute atomic E-state index is 0.186. The van der Waals surface area contributed by atoms with Crippen molar-refractivity contribution in [3.05, 3.63) is 29.8 Å². The Kier molecular flexibility index (Phi) is 6.05. The molecule has 1 aliphatic rings. The molecule has 0 spiro atoms. The number of ether oxygens (including phenoxy) is 1. The molecule has 2 N–H and O–H groups in total. The summed E-state index contributed by atoms with van der Waals surface area (Å²) in [5.74, 6) is -0.0419. The van der Waals surface area contributed by atoms with Crippen LogP contribution in [0.25, 0.3) is 0 Å². The standard InChI is InChI=1S/C17H25NO3/c1-21-12-14-5-8-15(9-6-14)18-16-4-2-3-13(11-16)7-10-17(19)20/h2-4,11,14-15,18H,5-10,12H2,1H3,(H,19,20). The van der Waals surface area contributed by atoms with E-state index in [-0.39, 0.29) is 6.42 Å². The summed E-state index contributed by atoms with van der Waals surface area (Å²) in [6.07, 6.45) is 5.55. The number of carboxylic acid groups (broad SMARTS) is 1. The van der Waals surface area contributed by atoms with Gasteiger partial charge in [-0.3, -0.25) is 4.79 Å². The van der Waals surface area contributed by atoms with Gasteiger partial charge in [0.1, 0.15) is 0 Å². The average molecular weight is 291 g/mol. The Morgan fingerprint density at radius 2 is 2.10 bits per heavy atom. The van der Waals surface area contributed by atoms with E-state index in [0.29, 0.717) is 18.4 Å². The minimum Gasteiger partial charge on any atom is -0.481 e. The van der Waals surface area contributed by atoms with Gasteiger partial charge in [0.05, 0.1) is 0 Å². The van der Waals surface area contributed by atoms with Crippen molar-refractivity contribution < 1.29 is 14.6 Å². The van der Waals surface area contributed by atoms with Crippen molar-refractivity contribution in [3.63, 3.8) is 0 Å². The second-order valence-electron chi connectivity index (χ2n) is 5.91. The quantitative estimate of drug-likeness (QED) is 0.809. The van der Waals surface area contributed by atoms with E-state index in [4.69, 9.17) is 9.84 Å². The Morgan fingerprint density at radius 3 is 2.76 bits per heavy atom. The zero-order chi connectivity index (χ0) is 15.1. The smallest absolute Gasteiger partial charge is 0.303 e. The molecule has 0 atom stereocenters. The summed E-state index contributed by atoms with van der Waals surface area (Å²) in [4.78, 5) is 10.6. The van der Waals surface area contributed by atoms with Crippen molar-refractivity contribution in [2.24, 2.45) is 5.92 Å². The van der Waals surface area contributed by atoms with Gasteiger partial charge in [-0.15, -0.1) is 0 Å². The van der Waals surface area contributed by atoms with Gasteiger partial charge in [-0.05, 0) is 55.7 Å². The lowest BCUT2D eigenvalue weighted by Crippen LogP contribution is -2.27. The summed E-state index contributed by atoms with van der Waals surface area (Å²) < 4.78 is 5.23. The number of benzene rings is 1. The van der Waals surface area contributed by atoms with Crippen LogP contribution in [0, 0.1) is 5.92 Å². The first kappa shape index (κ1) is 15.8. The molecule has 1 aromatic carbocycles. The molecule has 4 nitrogen and oxygen atoms in total. The molecule has 0 bridgehead atoms. The maximum atomic E-state index is 10.6. The number of nitrogens with one attached hydrogen (secondary N) is 1. The molecule has 116 valence electrons. The van der Waals surface area contributed by atoms with E-state index in [2.05, 4.69) is 17.4 Å². The number of carbonyl (C=O) groups is 1. The lowest BCUT2D eigenvalue weighted by Gasteiger charge is -2.29. The molecule has 1 aliphatic carbocycles. The number of aryl methyl sites for hydroxylation is 1. The fraction of sp³-hybridized carbons (Fsp3) is 0.588. The number of carboxylic acids is 1. The average Bonchev–Trinajstić information content (AvgIpc) is 2.48. The highest BCUT2D eigenvalue weighted by Gasteiger charge is 2.20. The second kappa shape index (κ2) is 8.03. The first-order chi connectivity index (χ1) is 10.2. The Balaban J connectivity index is 1.83. The highest BCUT2D eigenvalue weighted by atomic mass is 16.5. The summed E-state index contributed by atoms with van der Waals surface area (Å²) in [5, 5.41) is 12.3. The molecule has 0 saturated heterocycles. The first-order valence-corrected chi connectivity index (χ1v) is 7.73. The fourth-order valence-corrected chi connectivity index (χ4v) is 3.01. The molecule has 21 heavy (non-hydrogen) atoms. The van der Waals surface area contributed by atoms with Gasteiger partial charge in [-0.2, -0.15) is 0 Å². The third-order valence-corrected chi connectivity index (χ3v) is 4.17. The van der Waals surface area contributed by atoms with Crippen molar-refractivity contribution in [1.82, 2.24) is 0 Å². The molecule has 1 fully saturated rings. The van der Waals surface area contributed by atoms with Gasteiger partial charge in [-0.25, -0.2) is 0 Å². The van der Waals surface area contributed by atoms with E-state index < -0.39 is 5.97 Å². The van der Waals surface area contributed by atoms with Crippen LogP contribution in [-0.2, 0) is 16.0 Å². The SMILES string of the molecule is COCC1CCC(Nc2cccc(CCC(=O)O)c2)CC1. The minimum atomic E-state index is -0.746. The van der Waals surface area contributed by atoms with Crippen molar-refractivity contribution >= 4 is 11.7 Å². The zero-order valence-electron chi connectivity index (χ0n) is 12.7. The Labute approximate surface area is 126 Å². The van der Waals surface area contributed by atoms with Crippen molar-refractivity contribution in [2.75, 3.05) is 19.0 Å². The topological polar surface area (TPSA) is 58.6 Å². The van der Waals surface area contributed by atoms with E-state index in [1.54, 1.807) is 7.11 Å². The van der Waals surface area contributed by atoms with Gasteiger partial charge in [0, 0.05) is 31.9 Å².